The van der Waals surface area contributed by atoms with Crippen LogP contribution in [0.1, 0.15) is 31.4 Å². The Kier molecular flexibility index (Phi) is 4.57. The van der Waals surface area contributed by atoms with E-state index in [0.29, 0.717) is 6.04 Å². The highest BCUT2D eigenvalue weighted by atomic mass is 15.1. The summed E-state index contributed by atoms with van der Waals surface area (Å²) in [4.78, 5) is 2.45. The predicted octanol–water partition coefficient (Wildman–Crippen LogP) is 2.68. The maximum atomic E-state index is 3.66. The normalized spacial score (nSPS) is 23.5. The molecule has 0 spiro atoms. The summed E-state index contributed by atoms with van der Waals surface area (Å²) in [6, 6.07) is 11.2. The first kappa shape index (κ1) is 12.6. The van der Waals surface area contributed by atoms with E-state index in [1.807, 2.05) is 0 Å². The van der Waals surface area contributed by atoms with Crippen LogP contribution < -0.4 is 5.32 Å². The maximum Gasteiger partial charge on any atom is 0.0291 e. The molecule has 1 N–H and O–H groups in total. The van der Waals surface area contributed by atoms with Gasteiger partial charge in [0, 0.05) is 12.6 Å². The van der Waals surface area contributed by atoms with Gasteiger partial charge in [-0.15, -0.1) is 0 Å². The number of piperidine rings is 1. The lowest BCUT2D eigenvalue weighted by Crippen LogP contribution is -2.37. The van der Waals surface area contributed by atoms with Gasteiger partial charge in [-0.05, 0) is 51.4 Å². The molecule has 94 valence electrons. The lowest BCUT2D eigenvalue weighted by molar-refractivity contribution is 0.203. The Hall–Kier alpha value is -0.860. The van der Waals surface area contributed by atoms with Gasteiger partial charge >= 0.3 is 0 Å². The van der Waals surface area contributed by atoms with Crippen LogP contribution in [0.4, 0.5) is 0 Å². The van der Waals surface area contributed by atoms with E-state index in [4.69, 9.17) is 0 Å². The molecule has 0 bridgehead atoms. The third kappa shape index (κ3) is 3.83. The summed E-state index contributed by atoms with van der Waals surface area (Å²) in [7, 11) is 2.23. The zero-order valence-corrected chi connectivity index (χ0v) is 11.0. The van der Waals surface area contributed by atoms with Gasteiger partial charge in [-0.25, -0.2) is 0 Å². The molecule has 2 heteroatoms. The van der Waals surface area contributed by atoms with E-state index >= 15 is 0 Å². The minimum Gasteiger partial charge on any atom is -0.310 e. The van der Waals surface area contributed by atoms with Crippen LogP contribution in [0.2, 0.25) is 0 Å². The van der Waals surface area contributed by atoms with Crippen LogP contribution in [0.3, 0.4) is 0 Å². The second-order valence-corrected chi connectivity index (χ2v) is 5.31. The molecule has 2 nitrogen and oxygen atoms in total. The first-order valence-electron chi connectivity index (χ1n) is 6.72. The Morgan fingerprint density at radius 2 is 2.12 bits per heavy atom. The predicted molar refractivity (Wildman–Crippen MR) is 73.1 cm³/mol. The molecule has 0 radical (unpaired) electrons. The van der Waals surface area contributed by atoms with Gasteiger partial charge in [0.2, 0.25) is 0 Å². The molecule has 1 heterocycles. The van der Waals surface area contributed by atoms with Crippen molar-refractivity contribution >= 4 is 0 Å². The molecule has 1 saturated heterocycles. The number of benzene rings is 1. The fourth-order valence-electron chi connectivity index (χ4n) is 2.64. The summed E-state index contributed by atoms with van der Waals surface area (Å²) in [6.07, 6.45) is 2.72. The molecule has 0 saturated carbocycles. The van der Waals surface area contributed by atoms with E-state index < -0.39 is 0 Å². The summed E-state index contributed by atoms with van der Waals surface area (Å²) < 4.78 is 0. The van der Waals surface area contributed by atoms with Gasteiger partial charge in [0.05, 0.1) is 0 Å². The lowest BCUT2D eigenvalue weighted by atomic mass is 9.98. The highest BCUT2D eigenvalue weighted by Crippen LogP contribution is 2.16. The van der Waals surface area contributed by atoms with Crippen molar-refractivity contribution in [1.82, 2.24) is 10.2 Å². The highest BCUT2D eigenvalue weighted by Gasteiger charge is 2.17. The monoisotopic (exact) mass is 232 g/mol. The standard InChI is InChI=1S/C15H24N2/c1-13(15-8-4-3-5-9-15)16-11-14-7-6-10-17(2)12-14/h3-5,8-9,13-14,16H,6-7,10-12H2,1-2H3. The fourth-order valence-corrected chi connectivity index (χ4v) is 2.64. The van der Waals surface area contributed by atoms with Crippen LogP contribution in [0.15, 0.2) is 30.3 Å². The number of nitrogens with zero attached hydrogens (tertiary/aromatic N) is 1. The Morgan fingerprint density at radius 1 is 1.35 bits per heavy atom. The molecule has 2 rings (SSSR count). The van der Waals surface area contributed by atoms with Crippen LogP contribution in [-0.4, -0.2) is 31.6 Å². The molecule has 1 aliphatic heterocycles. The molecule has 2 atom stereocenters. The quantitative estimate of drug-likeness (QED) is 0.858. The van der Waals surface area contributed by atoms with Crippen LogP contribution >= 0.6 is 0 Å². The van der Waals surface area contributed by atoms with E-state index in [1.165, 1.54) is 31.5 Å². The van der Waals surface area contributed by atoms with Crippen molar-refractivity contribution in [1.29, 1.82) is 0 Å². The van der Waals surface area contributed by atoms with Gasteiger partial charge in [-0.3, -0.25) is 0 Å². The third-order valence-corrected chi connectivity index (χ3v) is 3.73. The molecule has 1 aromatic carbocycles. The molecule has 0 aliphatic carbocycles. The SMILES string of the molecule is CC(NCC1CCCN(C)C1)c1ccccc1. The average molecular weight is 232 g/mol. The number of hydrogen-bond acceptors (Lipinski definition) is 2. The lowest BCUT2D eigenvalue weighted by Gasteiger charge is -2.30. The third-order valence-electron chi connectivity index (χ3n) is 3.73. The molecule has 0 amide bonds. The number of likely N-dealkylation sites (tertiary alicyclic amines) is 1. The van der Waals surface area contributed by atoms with Gasteiger partial charge in [0.1, 0.15) is 0 Å². The van der Waals surface area contributed by atoms with E-state index in [2.05, 4.69) is 54.5 Å². The van der Waals surface area contributed by atoms with Gasteiger partial charge in [0.15, 0.2) is 0 Å². The number of nitrogens with one attached hydrogen (secondary N) is 1. The van der Waals surface area contributed by atoms with Crippen molar-refractivity contribution in [2.45, 2.75) is 25.8 Å². The van der Waals surface area contributed by atoms with Crippen LogP contribution in [0.25, 0.3) is 0 Å². The molecular formula is C15H24N2. The largest absolute Gasteiger partial charge is 0.310 e. The summed E-state index contributed by atoms with van der Waals surface area (Å²) >= 11 is 0. The van der Waals surface area contributed by atoms with Gasteiger partial charge in [-0.1, -0.05) is 30.3 Å². The first-order chi connectivity index (χ1) is 8.25. The van der Waals surface area contributed by atoms with Crippen molar-refractivity contribution in [2.24, 2.45) is 5.92 Å². The molecule has 1 fully saturated rings. The summed E-state index contributed by atoms with van der Waals surface area (Å²) in [5, 5.41) is 3.66. The molecule has 1 aromatic rings. The smallest absolute Gasteiger partial charge is 0.0291 e. The molecular weight excluding hydrogens is 208 g/mol. The number of hydrogen-bond donors (Lipinski definition) is 1. The van der Waals surface area contributed by atoms with E-state index in [-0.39, 0.29) is 0 Å². The molecule has 1 aliphatic rings. The molecule has 17 heavy (non-hydrogen) atoms. The number of rotatable bonds is 4. The Morgan fingerprint density at radius 3 is 2.82 bits per heavy atom. The zero-order chi connectivity index (χ0) is 12.1. The Labute approximate surface area is 105 Å². The topological polar surface area (TPSA) is 15.3 Å². The van der Waals surface area contributed by atoms with Crippen molar-refractivity contribution in [3.63, 3.8) is 0 Å². The maximum absolute atomic E-state index is 3.66. The van der Waals surface area contributed by atoms with Crippen LogP contribution in [0, 0.1) is 5.92 Å². The van der Waals surface area contributed by atoms with Crippen molar-refractivity contribution in [3.05, 3.63) is 35.9 Å². The van der Waals surface area contributed by atoms with Gasteiger partial charge < -0.3 is 10.2 Å². The van der Waals surface area contributed by atoms with Crippen molar-refractivity contribution in [3.8, 4) is 0 Å². The fraction of sp³-hybridized carbons (Fsp3) is 0.600. The van der Waals surface area contributed by atoms with Crippen molar-refractivity contribution in [2.75, 3.05) is 26.7 Å². The molecule has 2 unspecified atom stereocenters. The van der Waals surface area contributed by atoms with Crippen LogP contribution in [-0.2, 0) is 0 Å². The highest BCUT2D eigenvalue weighted by molar-refractivity contribution is 5.17. The molecule has 0 aromatic heterocycles. The van der Waals surface area contributed by atoms with E-state index in [1.54, 1.807) is 0 Å². The average Bonchev–Trinajstić information content (AvgIpc) is 2.37. The Balaban J connectivity index is 1.78. The van der Waals surface area contributed by atoms with E-state index in [0.717, 1.165) is 12.5 Å². The van der Waals surface area contributed by atoms with Crippen molar-refractivity contribution < 1.29 is 0 Å². The minimum atomic E-state index is 0.462. The van der Waals surface area contributed by atoms with Gasteiger partial charge in [-0.2, -0.15) is 0 Å². The van der Waals surface area contributed by atoms with Gasteiger partial charge in [0.25, 0.3) is 0 Å². The second-order valence-electron chi connectivity index (χ2n) is 5.31. The Bertz CT molecular complexity index is 323. The van der Waals surface area contributed by atoms with E-state index in [9.17, 15) is 0 Å². The minimum absolute atomic E-state index is 0.462. The first-order valence-corrected chi connectivity index (χ1v) is 6.72. The summed E-state index contributed by atoms with van der Waals surface area (Å²) in [5.74, 6) is 0.819. The second kappa shape index (κ2) is 6.18. The zero-order valence-electron chi connectivity index (χ0n) is 11.0. The summed E-state index contributed by atoms with van der Waals surface area (Å²) in [5.41, 5.74) is 1.39. The summed E-state index contributed by atoms with van der Waals surface area (Å²) in [6.45, 7) is 5.90. The van der Waals surface area contributed by atoms with Crippen LogP contribution in [0.5, 0.6) is 0 Å².